The van der Waals surface area contributed by atoms with Gasteiger partial charge in [-0.05, 0) is 30.9 Å². The first kappa shape index (κ1) is 13.0. The molecule has 18 heavy (non-hydrogen) atoms. The van der Waals surface area contributed by atoms with Crippen LogP contribution in [0.15, 0.2) is 12.1 Å². The number of aryl methyl sites for hydroxylation is 1. The lowest BCUT2D eigenvalue weighted by Crippen LogP contribution is -2.22. The van der Waals surface area contributed by atoms with Crippen LogP contribution >= 0.6 is 0 Å². The molecule has 0 aliphatic carbocycles. The Morgan fingerprint density at radius 2 is 2.00 bits per heavy atom. The molecule has 0 saturated heterocycles. The molecule has 0 aromatic carbocycles. The van der Waals surface area contributed by atoms with Crippen molar-refractivity contribution in [3.63, 3.8) is 0 Å². The number of hydrogen-bond acceptors (Lipinski definition) is 4. The molecular weight excluding hydrogens is 226 g/mol. The van der Waals surface area contributed by atoms with E-state index in [9.17, 15) is 0 Å². The molecule has 0 bridgehead atoms. The first-order valence-corrected chi connectivity index (χ1v) is 6.30. The molecule has 0 saturated carbocycles. The van der Waals surface area contributed by atoms with Gasteiger partial charge in [-0.2, -0.15) is 9.61 Å². The SMILES string of the molecule is Cc1ccc2nnc(C(CN)CC(C)(C)C)n2n1. The quantitative estimate of drug-likeness (QED) is 0.899. The van der Waals surface area contributed by atoms with Crippen LogP contribution in [0.5, 0.6) is 0 Å². The van der Waals surface area contributed by atoms with E-state index in [2.05, 4.69) is 36.1 Å². The fraction of sp³-hybridized carbons (Fsp3) is 0.615. The molecule has 0 aliphatic rings. The summed E-state index contributed by atoms with van der Waals surface area (Å²) in [7, 11) is 0. The van der Waals surface area contributed by atoms with Crippen molar-refractivity contribution in [2.75, 3.05) is 6.54 Å². The minimum atomic E-state index is 0.189. The summed E-state index contributed by atoms with van der Waals surface area (Å²) in [6.45, 7) is 9.14. The second-order valence-electron chi connectivity index (χ2n) is 6.00. The van der Waals surface area contributed by atoms with Gasteiger partial charge in [0.05, 0.1) is 5.69 Å². The van der Waals surface area contributed by atoms with E-state index in [1.165, 1.54) is 0 Å². The van der Waals surface area contributed by atoms with Crippen LogP contribution in [0, 0.1) is 12.3 Å². The molecule has 5 nitrogen and oxygen atoms in total. The highest BCUT2D eigenvalue weighted by molar-refractivity contribution is 5.36. The maximum Gasteiger partial charge on any atom is 0.177 e. The Kier molecular flexibility index (Phi) is 3.34. The zero-order chi connectivity index (χ0) is 13.3. The molecule has 2 heterocycles. The summed E-state index contributed by atoms with van der Waals surface area (Å²) in [6, 6.07) is 3.87. The first-order chi connectivity index (χ1) is 8.40. The summed E-state index contributed by atoms with van der Waals surface area (Å²) >= 11 is 0. The van der Waals surface area contributed by atoms with Gasteiger partial charge in [-0.25, -0.2) is 0 Å². The largest absolute Gasteiger partial charge is 0.330 e. The zero-order valence-corrected chi connectivity index (χ0v) is 11.5. The molecule has 0 amide bonds. The van der Waals surface area contributed by atoms with Crippen LogP contribution in [0.4, 0.5) is 0 Å². The van der Waals surface area contributed by atoms with Crippen LogP contribution in [0.3, 0.4) is 0 Å². The molecule has 0 spiro atoms. The fourth-order valence-electron chi connectivity index (χ4n) is 2.17. The lowest BCUT2D eigenvalue weighted by Gasteiger charge is -2.23. The lowest BCUT2D eigenvalue weighted by molar-refractivity contribution is 0.333. The summed E-state index contributed by atoms with van der Waals surface area (Å²) in [5.41, 5.74) is 7.83. The smallest absolute Gasteiger partial charge is 0.177 e. The van der Waals surface area contributed by atoms with Gasteiger partial charge in [0.1, 0.15) is 0 Å². The molecule has 0 aliphatic heterocycles. The van der Waals surface area contributed by atoms with Gasteiger partial charge in [0, 0.05) is 12.5 Å². The highest BCUT2D eigenvalue weighted by Gasteiger charge is 2.23. The normalized spacial score (nSPS) is 14.1. The third-order valence-corrected chi connectivity index (χ3v) is 2.93. The Labute approximate surface area is 107 Å². The Morgan fingerprint density at radius 1 is 1.28 bits per heavy atom. The van der Waals surface area contributed by atoms with Crippen LogP contribution < -0.4 is 5.73 Å². The molecule has 1 atom stereocenters. The van der Waals surface area contributed by atoms with Crippen molar-refractivity contribution in [3.8, 4) is 0 Å². The molecule has 2 aromatic rings. The Balaban J connectivity index is 2.42. The minimum absolute atomic E-state index is 0.189. The van der Waals surface area contributed by atoms with Crippen LogP contribution in [0.2, 0.25) is 0 Å². The maximum absolute atomic E-state index is 5.89. The van der Waals surface area contributed by atoms with Crippen LogP contribution in [-0.2, 0) is 0 Å². The zero-order valence-electron chi connectivity index (χ0n) is 11.5. The van der Waals surface area contributed by atoms with Crippen LogP contribution in [0.1, 0.15) is 44.6 Å². The molecule has 0 fully saturated rings. The highest BCUT2D eigenvalue weighted by Crippen LogP contribution is 2.29. The van der Waals surface area contributed by atoms with Gasteiger partial charge in [0.25, 0.3) is 0 Å². The van der Waals surface area contributed by atoms with Crippen molar-refractivity contribution in [3.05, 3.63) is 23.7 Å². The van der Waals surface area contributed by atoms with Gasteiger partial charge in [-0.1, -0.05) is 20.8 Å². The number of nitrogens with two attached hydrogens (primary N) is 1. The van der Waals surface area contributed by atoms with Crippen molar-refractivity contribution in [1.82, 2.24) is 19.8 Å². The molecule has 2 N–H and O–H groups in total. The van der Waals surface area contributed by atoms with Gasteiger partial charge in [-0.3, -0.25) is 0 Å². The van der Waals surface area contributed by atoms with E-state index in [1.54, 1.807) is 0 Å². The summed E-state index contributed by atoms with van der Waals surface area (Å²) in [4.78, 5) is 0. The number of hydrogen-bond donors (Lipinski definition) is 1. The molecule has 1 unspecified atom stereocenters. The van der Waals surface area contributed by atoms with E-state index in [0.29, 0.717) is 6.54 Å². The maximum atomic E-state index is 5.89. The van der Waals surface area contributed by atoms with E-state index in [-0.39, 0.29) is 11.3 Å². The minimum Gasteiger partial charge on any atom is -0.330 e. The predicted molar refractivity (Wildman–Crippen MR) is 71.4 cm³/mol. The van der Waals surface area contributed by atoms with Gasteiger partial charge < -0.3 is 5.73 Å². The van der Waals surface area contributed by atoms with Gasteiger partial charge in [0.2, 0.25) is 0 Å². The standard InChI is InChI=1S/C13H21N5/c1-9-5-6-11-15-16-12(18(11)17-9)10(8-14)7-13(2,3)4/h5-6,10H,7-8,14H2,1-4H3. The van der Waals surface area contributed by atoms with Gasteiger partial charge >= 0.3 is 0 Å². The summed E-state index contributed by atoms with van der Waals surface area (Å²) < 4.78 is 1.82. The molecule has 2 rings (SSSR count). The van der Waals surface area contributed by atoms with E-state index < -0.39 is 0 Å². The highest BCUT2D eigenvalue weighted by atomic mass is 15.4. The topological polar surface area (TPSA) is 69.1 Å². The predicted octanol–water partition coefficient (Wildman–Crippen LogP) is 1.91. The molecule has 0 radical (unpaired) electrons. The second kappa shape index (κ2) is 4.65. The fourth-order valence-corrected chi connectivity index (χ4v) is 2.17. The number of rotatable bonds is 3. The third-order valence-electron chi connectivity index (χ3n) is 2.93. The third kappa shape index (κ3) is 2.67. The summed E-state index contributed by atoms with van der Waals surface area (Å²) in [5, 5.41) is 12.9. The monoisotopic (exact) mass is 247 g/mol. The molecule has 2 aromatic heterocycles. The Bertz CT molecular complexity index is 538. The molecule has 98 valence electrons. The lowest BCUT2D eigenvalue weighted by atomic mass is 9.84. The van der Waals surface area contributed by atoms with Crippen molar-refractivity contribution in [2.45, 2.75) is 40.0 Å². The number of nitrogens with zero attached hydrogens (tertiary/aromatic N) is 4. The summed E-state index contributed by atoms with van der Waals surface area (Å²) in [6.07, 6.45) is 0.972. The summed E-state index contributed by atoms with van der Waals surface area (Å²) in [5.74, 6) is 1.06. The molecular formula is C13H21N5. The van der Waals surface area contributed by atoms with Gasteiger partial charge in [0.15, 0.2) is 11.5 Å². The van der Waals surface area contributed by atoms with E-state index in [0.717, 1.165) is 23.6 Å². The van der Waals surface area contributed by atoms with E-state index in [1.807, 2.05) is 23.6 Å². The average Bonchev–Trinajstić information content (AvgIpc) is 2.67. The van der Waals surface area contributed by atoms with Gasteiger partial charge in [-0.15, -0.1) is 10.2 Å². The van der Waals surface area contributed by atoms with E-state index in [4.69, 9.17) is 5.73 Å². The van der Waals surface area contributed by atoms with Crippen molar-refractivity contribution < 1.29 is 0 Å². The Morgan fingerprint density at radius 3 is 2.61 bits per heavy atom. The van der Waals surface area contributed by atoms with Crippen LogP contribution in [-0.4, -0.2) is 26.4 Å². The van der Waals surface area contributed by atoms with Crippen molar-refractivity contribution >= 4 is 5.65 Å². The van der Waals surface area contributed by atoms with Crippen LogP contribution in [0.25, 0.3) is 5.65 Å². The second-order valence-corrected chi connectivity index (χ2v) is 6.00. The van der Waals surface area contributed by atoms with Crippen molar-refractivity contribution in [1.29, 1.82) is 0 Å². The van der Waals surface area contributed by atoms with E-state index >= 15 is 0 Å². The first-order valence-electron chi connectivity index (χ1n) is 6.30. The number of aromatic nitrogens is 4. The average molecular weight is 247 g/mol. The molecule has 5 heteroatoms. The Hall–Kier alpha value is -1.49. The van der Waals surface area contributed by atoms with Crippen molar-refractivity contribution in [2.24, 2.45) is 11.1 Å². The number of fused-ring (bicyclic) bond motifs is 1.